The van der Waals surface area contributed by atoms with Crippen LogP contribution in [0.3, 0.4) is 0 Å². The SMILES string of the molecule is N#CCNC(=O)C(=O)Nc1cc(F)ccc1Br. The minimum atomic E-state index is -0.966. The lowest BCUT2D eigenvalue weighted by molar-refractivity contribution is -0.136. The van der Waals surface area contributed by atoms with Crippen molar-refractivity contribution in [2.45, 2.75) is 0 Å². The Morgan fingerprint density at radius 2 is 2.12 bits per heavy atom. The molecule has 17 heavy (non-hydrogen) atoms. The summed E-state index contributed by atoms with van der Waals surface area (Å²) in [6.07, 6.45) is 0. The Morgan fingerprint density at radius 3 is 2.76 bits per heavy atom. The average molecular weight is 300 g/mol. The van der Waals surface area contributed by atoms with Crippen LogP contribution in [0.25, 0.3) is 0 Å². The van der Waals surface area contributed by atoms with Gasteiger partial charge in [-0.25, -0.2) is 4.39 Å². The topological polar surface area (TPSA) is 82.0 Å². The molecule has 0 spiro atoms. The molecule has 0 unspecified atom stereocenters. The highest BCUT2D eigenvalue weighted by Gasteiger charge is 2.14. The van der Waals surface area contributed by atoms with Gasteiger partial charge in [0.05, 0.1) is 11.8 Å². The molecule has 0 saturated carbocycles. The maximum Gasteiger partial charge on any atom is 0.313 e. The molecule has 0 saturated heterocycles. The summed E-state index contributed by atoms with van der Waals surface area (Å²) in [6.45, 7) is -0.267. The first-order valence-corrected chi connectivity index (χ1v) is 5.25. The summed E-state index contributed by atoms with van der Waals surface area (Å²) in [5.41, 5.74) is 0.141. The number of nitrogens with one attached hydrogen (secondary N) is 2. The lowest BCUT2D eigenvalue weighted by Gasteiger charge is -2.06. The van der Waals surface area contributed by atoms with E-state index in [9.17, 15) is 14.0 Å². The number of amides is 2. The van der Waals surface area contributed by atoms with Crippen LogP contribution in [0, 0.1) is 17.1 Å². The van der Waals surface area contributed by atoms with Crippen LogP contribution in [0.5, 0.6) is 0 Å². The number of rotatable bonds is 2. The van der Waals surface area contributed by atoms with E-state index < -0.39 is 17.6 Å². The first-order chi connectivity index (χ1) is 8.04. The van der Waals surface area contributed by atoms with Gasteiger partial charge >= 0.3 is 11.8 Å². The summed E-state index contributed by atoms with van der Waals surface area (Å²) in [7, 11) is 0. The summed E-state index contributed by atoms with van der Waals surface area (Å²) in [5.74, 6) is -2.46. The standard InChI is InChI=1S/C10H7BrFN3O2/c11-7-2-1-6(12)5-8(7)15-10(17)9(16)14-4-3-13/h1-2,5H,4H2,(H,14,16)(H,15,17). The number of nitrogens with zero attached hydrogens (tertiary/aromatic N) is 1. The van der Waals surface area contributed by atoms with Crippen molar-refractivity contribution in [3.8, 4) is 6.07 Å². The molecule has 1 aromatic rings. The number of benzene rings is 1. The summed E-state index contributed by atoms with van der Waals surface area (Å²) in [5, 5.41) is 12.5. The molecule has 0 aliphatic carbocycles. The van der Waals surface area contributed by atoms with E-state index in [0.29, 0.717) is 4.47 Å². The molecule has 1 rings (SSSR count). The van der Waals surface area contributed by atoms with Crippen LogP contribution >= 0.6 is 15.9 Å². The minimum Gasteiger partial charge on any atom is -0.335 e. The maximum atomic E-state index is 12.9. The van der Waals surface area contributed by atoms with Crippen molar-refractivity contribution >= 4 is 33.4 Å². The van der Waals surface area contributed by atoms with Gasteiger partial charge < -0.3 is 10.6 Å². The van der Waals surface area contributed by atoms with Gasteiger partial charge in [-0.3, -0.25) is 9.59 Å². The Morgan fingerprint density at radius 1 is 1.41 bits per heavy atom. The van der Waals surface area contributed by atoms with Crippen LogP contribution in [-0.4, -0.2) is 18.4 Å². The number of carbonyl (C=O) groups is 2. The third kappa shape index (κ3) is 3.85. The Hall–Kier alpha value is -1.94. The molecule has 1 aromatic carbocycles. The molecule has 0 atom stereocenters. The molecule has 0 bridgehead atoms. The monoisotopic (exact) mass is 299 g/mol. The zero-order valence-electron chi connectivity index (χ0n) is 8.46. The summed E-state index contributed by atoms with van der Waals surface area (Å²) >= 11 is 3.10. The molecular formula is C10H7BrFN3O2. The maximum absolute atomic E-state index is 12.9. The minimum absolute atomic E-state index is 0.141. The highest BCUT2D eigenvalue weighted by Crippen LogP contribution is 2.22. The quantitative estimate of drug-likeness (QED) is 0.635. The normalized spacial score (nSPS) is 9.24. The largest absolute Gasteiger partial charge is 0.335 e. The average Bonchev–Trinajstić information content (AvgIpc) is 2.30. The third-order valence-corrected chi connectivity index (χ3v) is 2.40. The first-order valence-electron chi connectivity index (χ1n) is 4.45. The van der Waals surface area contributed by atoms with E-state index in [1.807, 2.05) is 0 Å². The fraction of sp³-hybridized carbons (Fsp3) is 0.100. The smallest absolute Gasteiger partial charge is 0.313 e. The summed E-state index contributed by atoms with van der Waals surface area (Å²) in [6, 6.07) is 5.33. The van der Waals surface area contributed by atoms with Crippen LogP contribution in [0.1, 0.15) is 0 Å². The molecule has 7 heteroatoms. The van der Waals surface area contributed by atoms with Crippen molar-refractivity contribution in [2.24, 2.45) is 0 Å². The third-order valence-electron chi connectivity index (χ3n) is 1.71. The predicted molar refractivity (Wildman–Crippen MR) is 61.4 cm³/mol. The van der Waals surface area contributed by atoms with Gasteiger partial charge in [-0.1, -0.05) is 0 Å². The van der Waals surface area contributed by atoms with Crippen LogP contribution in [-0.2, 0) is 9.59 Å². The van der Waals surface area contributed by atoms with Crippen molar-refractivity contribution in [3.05, 3.63) is 28.5 Å². The van der Waals surface area contributed by atoms with Crippen molar-refractivity contribution in [3.63, 3.8) is 0 Å². The Balaban J connectivity index is 2.71. The van der Waals surface area contributed by atoms with E-state index in [2.05, 4.69) is 26.6 Å². The van der Waals surface area contributed by atoms with Gasteiger partial charge in [-0.05, 0) is 34.1 Å². The van der Waals surface area contributed by atoms with Crippen LogP contribution < -0.4 is 10.6 Å². The molecule has 88 valence electrons. The summed E-state index contributed by atoms with van der Waals surface area (Å²) in [4.78, 5) is 22.4. The number of hydrogen-bond donors (Lipinski definition) is 2. The van der Waals surface area contributed by atoms with Gasteiger partial charge in [0.25, 0.3) is 0 Å². The van der Waals surface area contributed by atoms with Gasteiger partial charge in [0.2, 0.25) is 0 Å². The first kappa shape index (κ1) is 13.1. The van der Waals surface area contributed by atoms with Crippen molar-refractivity contribution in [1.82, 2.24) is 5.32 Å². The Kier molecular flexibility index (Phi) is 4.60. The van der Waals surface area contributed by atoms with Gasteiger partial charge in [-0.2, -0.15) is 5.26 Å². The van der Waals surface area contributed by atoms with E-state index in [4.69, 9.17) is 5.26 Å². The van der Waals surface area contributed by atoms with Crippen molar-refractivity contribution < 1.29 is 14.0 Å². The van der Waals surface area contributed by atoms with E-state index >= 15 is 0 Å². The molecule has 0 aliphatic rings. The van der Waals surface area contributed by atoms with Gasteiger partial charge in [0, 0.05) is 4.47 Å². The fourth-order valence-corrected chi connectivity index (χ4v) is 1.32. The number of halogens is 2. The van der Waals surface area contributed by atoms with E-state index in [-0.39, 0.29) is 12.2 Å². The molecule has 2 N–H and O–H groups in total. The van der Waals surface area contributed by atoms with Crippen LogP contribution in [0.4, 0.5) is 10.1 Å². The molecular weight excluding hydrogens is 293 g/mol. The number of nitriles is 1. The molecule has 0 radical (unpaired) electrons. The molecule has 0 fully saturated rings. The Bertz CT molecular complexity index is 499. The van der Waals surface area contributed by atoms with E-state index in [1.165, 1.54) is 12.1 Å². The fourth-order valence-electron chi connectivity index (χ4n) is 0.972. The number of hydrogen-bond acceptors (Lipinski definition) is 3. The predicted octanol–water partition coefficient (Wildman–Crippen LogP) is 1.17. The second-order valence-corrected chi connectivity index (χ2v) is 3.77. The lowest BCUT2D eigenvalue weighted by atomic mass is 10.3. The molecule has 0 aliphatic heterocycles. The number of carbonyl (C=O) groups excluding carboxylic acids is 2. The number of anilines is 1. The second kappa shape index (κ2) is 5.96. The van der Waals surface area contributed by atoms with E-state index in [0.717, 1.165) is 6.07 Å². The van der Waals surface area contributed by atoms with E-state index in [1.54, 1.807) is 6.07 Å². The molecule has 5 nitrogen and oxygen atoms in total. The second-order valence-electron chi connectivity index (χ2n) is 2.92. The van der Waals surface area contributed by atoms with Crippen LogP contribution in [0.2, 0.25) is 0 Å². The molecule has 2 amide bonds. The lowest BCUT2D eigenvalue weighted by Crippen LogP contribution is -2.35. The Labute approximate surface area is 105 Å². The zero-order valence-corrected chi connectivity index (χ0v) is 10.0. The van der Waals surface area contributed by atoms with Crippen molar-refractivity contribution in [2.75, 3.05) is 11.9 Å². The highest BCUT2D eigenvalue weighted by molar-refractivity contribution is 9.10. The summed E-state index contributed by atoms with van der Waals surface area (Å²) < 4.78 is 13.3. The highest BCUT2D eigenvalue weighted by atomic mass is 79.9. The van der Waals surface area contributed by atoms with Gasteiger partial charge in [0.15, 0.2) is 0 Å². The van der Waals surface area contributed by atoms with Crippen LogP contribution in [0.15, 0.2) is 22.7 Å². The van der Waals surface area contributed by atoms with Gasteiger partial charge in [0.1, 0.15) is 12.4 Å². The van der Waals surface area contributed by atoms with Crippen molar-refractivity contribution in [1.29, 1.82) is 5.26 Å². The zero-order chi connectivity index (χ0) is 12.8. The molecule has 0 aromatic heterocycles. The van der Waals surface area contributed by atoms with Gasteiger partial charge in [-0.15, -0.1) is 0 Å². The molecule has 0 heterocycles.